The SMILES string of the molecule is CC(C)(c1ccccc1)c1ccc(N2CCCC2)cc1. The smallest absolute Gasteiger partial charge is 0.0366 e. The summed E-state index contributed by atoms with van der Waals surface area (Å²) in [5.41, 5.74) is 4.18. The molecule has 0 radical (unpaired) electrons. The average molecular weight is 265 g/mol. The van der Waals surface area contributed by atoms with Crippen molar-refractivity contribution >= 4 is 5.69 Å². The molecule has 1 heteroatoms. The summed E-state index contributed by atoms with van der Waals surface area (Å²) in [7, 11) is 0. The van der Waals surface area contributed by atoms with Gasteiger partial charge in [0, 0.05) is 24.2 Å². The fourth-order valence-corrected chi connectivity index (χ4v) is 3.09. The van der Waals surface area contributed by atoms with Crippen molar-refractivity contribution in [2.24, 2.45) is 0 Å². The monoisotopic (exact) mass is 265 g/mol. The van der Waals surface area contributed by atoms with E-state index < -0.39 is 0 Å². The van der Waals surface area contributed by atoms with Crippen molar-refractivity contribution in [2.75, 3.05) is 18.0 Å². The molecule has 1 aliphatic heterocycles. The summed E-state index contributed by atoms with van der Waals surface area (Å²) < 4.78 is 0. The highest BCUT2D eigenvalue weighted by molar-refractivity contribution is 5.50. The molecule has 0 atom stereocenters. The zero-order valence-electron chi connectivity index (χ0n) is 12.5. The van der Waals surface area contributed by atoms with Gasteiger partial charge in [0.2, 0.25) is 0 Å². The van der Waals surface area contributed by atoms with Crippen molar-refractivity contribution in [3.05, 3.63) is 65.7 Å². The lowest BCUT2D eigenvalue weighted by Gasteiger charge is -2.27. The van der Waals surface area contributed by atoms with Gasteiger partial charge in [-0.25, -0.2) is 0 Å². The van der Waals surface area contributed by atoms with Crippen molar-refractivity contribution in [2.45, 2.75) is 32.1 Å². The van der Waals surface area contributed by atoms with Gasteiger partial charge in [0.15, 0.2) is 0 Å². The van der Waals surface area contributed by atoms with Gasteiger partial charge < -0.3 is 4.90 Å². The van der Waals surface area contributed by atoms with Gasteiger partial charge in [-0.3, -0.25) is 0 Å². The molecule has 0 unspecified atom stereocenters. The number of nitrogens with zero attached hydrogens (tertiary/aromatic N) is 1. The largest absolute Gasteiger partial charge is 0.372 e. The maximum Gasteiger partial charge on any atom is 0.0366 e. The zero-order valence-corrected chi connectivity index (χ0v) is 12.5. The van der Waals surface area contributed by atoms with E-state index in [9.17, 15) is 0 Å². The van der Waals surface area contributed by atoms with Crippen molar-refractivity contribution in [1.29, 1.82) is 0 Å². The van der Waals surface area contributed by atoms with Gasteiger partial charge in [-0.1, -0.05) is 56.3 Å². The fourth-order valence-electron chi connectivity index (χ4n) is 3.09. The van der Waals surface area contributed by atoms with Gasteiger partial charge >= 0.3 is 0 Å². The molecule has 0 N–H and O–H groups in total. The van der Waals surface area contributed by atoms with Crippen LogP contribution in [0.25, 0.3) is 0 Å². The van der Waals surface area contributed by atoms with Gasteiger partial charge in [0.05, 0.1) is 0 Å². The lowest BCUT2D eigenvalue weighted by atomic mass is 9.78. The Labute approximate surface area is 122 Å². The van der Waals surface area contributed by atoms with E-state index in [0.717, 1.165) is 0 Å². The summed E-state index contributed by atoms with van der Waals surface area (Å²) in [6, 6.07) is 19.9. The Bertz CT molecular complexity index is 548. The summed E-state index contributed by atoms with van der Waals surface area (Å²) in [5.74, 6) is 0. The minimum Gasteiger partial charge on any atom is -0.372 e. The predicted octanol–water partition coefficient (Wildman–Crippen LogP) is 4.61. The molecule has 1 nitrogen and oxygen atoms in total. The highest BCUT2D eigenvalue weighted by Gasteiger charge is 2.23. The molecule has 1 saturated heterocycles. The third kappa shape index (κ3) is 2.45. The first-order valence-electron chi connectivity index (χ1n) is 7.59. The van der Waals surface area contributed by atoms with E-state index in [0.29, 0.717) is 0 Å². The van der Waals surface area contributed by atoms with E-state index in [4.69, 9.17) is 0 Å². The molecule has 0 spiro atoms. The Morgan fingerprint density at radius 2 is 1.30 bits per heavy atom. The van der Waals surface area contributed by atoms with E-state index in [1.54, 1.807) is 0 Å². The molecule has 1 heterocycles. The molecule has 0 amide bonds. The van der Waals surface area contributed by atoms with Crippen LogP contribution in [0.2, 0.25) is 0 Å². The van der Waals surface area contributed by atoms with Crippen LogP contribution < -0.4 is 4.90 Å². The van der Waals surface area contributed by atoms with Gasteiger partial charge in [-0.2, -0.15) is 0 Å². The van der Waals surface area contributed by atoms with Crippen LogP contribution in [0, 0.1) is 0 Å². The Morgan fingerprint density at radius 3 is 1.90 bits per heavy atom. The number of benzene rings is 2. The standard InChI is InChI=1S/C19H23N/c1-19(2,16-8-4-3-5-9-16)17-10-12-18(13-11-17)20-14-6-7-15-20/h3-5,8-13H,6-7,14-15H2,1-2H3. The number of hydrogen-bond acceptors (Lipinski definition) is 1. The van der Waals surface area contributed by atoms with E-state index in [-0.39, 0.29) is 5.41 Å². The number of anilines is 1. The van der Waals surface area contributed by atoms with Crippen molar-refractivity contribution in [1.82, 2.24) is 0 Å². The maximum absolute atomic E-state index is 2.49. The molecule has 2 aromatic rings. The van der Waals surface area contributed by atoms with E-state index in [1.807, 2.05) is 0 Å². The molecule has 1 fully saturated rings. The summed E-state index contributed by atoms with van der Waals surface area (Å²) in [4.78, 5) is 2.49. The average Bonchev–Trinajstić information content (AvgIpc) is 3.02. The molecular weight excluding hydrogens is 242 g/mol. The second-order valence-corrected chi connectivity index (χ2v) is 6.23. The van der Waals surface area contributed by atoms with E-state index >= 15 is 0 Å². The summed E-state index contributed by atoms with van der Waals surface area (Å²) >= 11 is 0. The molecule has 0 aromatic heterocycles. The first kappa shape index (κ1) is 13.2. The molecule has 0 bridgehead atoms. The van der Waals surface area contributed by atoms with Crippen molar-refractivity contribution < 1.29 is 0 Å². The molecule has 3 rings (SSSR count). The van der Waals surface area contributed by atoms with Gasteiger partial charge in [0.1, 0.15) is 0 Å². The highest BCUT2D eigenvalue weighted by atomic mass is 15.1. The molecule has 0 saturated carbocycles. The van der Waals surface area contributed by atoms with E-state index in [1.165, 1.54) is 42.7 Å². The molecule has 0 aliphatic carbocycles. The topological polar surface area (TPSA) is 3.24 Å². The number of rotatable bonds is 3. The quantitative estimate of drug-likeness (QED) is 0.783. The Balaban J connectivity index is 1.86. The lowest BCUT2D eigenvalue weighted by Crippen LogP contribution is -2.20. The molecule has 2 aromatic carbocycles. The van der Waals surface area contributed by atoms with Gasteiger partial charge in [-0.15, -0.1) is 0 Å². The van der Waals surface area contributed by atoms with Crippen LogP contribution in [0.15, 0.2) is 54.6 Å². The van der Waals surface area contributed by atoms with Crippen LogP contribution in [-0.4, -0.2) is 13.1 Å². The molecular formula is C19H23N. The lowest BCUT2D eigenvalue weighted by molar-refractivity contribution is 0.641. The van der Waals surface area contributed by atoms with Crippen LogP contribution in [0.5, 0.6) is 0 Å². The Hall–Kier alpha value is -1.76. The second kappa shape index (κ2) is 5.32. The zero-order chi connectivity index (χ0) is 14.0. The van der Waals surface area contributed by atoms with Crippen LogP contribution in [0.1, 0.15) is 37.8 Å². The third-order valence-electron chi connectivity index (χ3n) is 4.56. The first-order valence-corrected chi connectivity index (χ1v) is 7.59. The van der Waals surface area contributed by atoms with Crippen LogP contribution >= 0.6 is 0 Å². The van der Waals surface area contributed by atoms with Crippen molar-refractivity contribution in [3.63, 3.8) is 0 Å². The maximum atomic E-state index is 2.49. The van der Waals surface area contributed by atoms with Crippen LogP contribution in [0.3, 0.4) is 0 Å². The molecule has 104 valence electrons. The minimum atomic E-state index is 0.0603. The summed E-state index contributed by atoms with van der Waals surface area (Å²) in [5, 5.41) is 0. The number of hydrogen-bond donors (Lipinski definition) is 0. The van der Waals surface area contributed by atoms with Crippen LogP contribution in [-0.2, 0) is 5.41 Å². The third-order valence-corrected chi connectivity index (χ3v) is 4.56. The fraction of sp³-hybridized carbons (Fsp3) is 0.368. The van der Waals surface area contributed by atoms with E-state index in [2.05, 4.69) is 73.3 Å². The highest BCUT2D eigenvalue weighted by Crippen LogP contribution is 2.32. The summed E-state index contributed by atoms with van der Waals surface area (Å²) in [6.07, 6.45) is 2.66. The van der Waals surface area contributed by atoms with Gasteiger partial charge in [-0.05, 0) is 36.1 Å². The predicted molar refractivity (Wildman–Crippen MR) is 86.5 cm³/mol. The second-order valence-electron chi connectivity index (χ2n) is 6.23. The Morgan fingerprint density at radius 1 is 0.750 bits per heavy atom. The summed E-state index contributed by atoms with van der Waals surface area (Å²) in [6.45, 7) is 7.02. The first-order chi connectivity index (χ1) is 9.68. The van der Waals surface area contributed by atoms with Crippen LogP contribution in [0.4, 0.5) is 5.69 Å². The Kier molecular flexibility index (Phi) is 3.52. The van der Waals surface area contributed by atoms with Gasteiger partial charge in [0.25, 0.3) is 0 Å². The van der Waals surface area contributed by atoms with Crippen molar-refractivity contribution in [3.8, 4) is 0 Å². The molecule has 1 aliphatic rings. The minimum absolute atomic E-state index is 0.0603. The molecule has 20 heavy (non-hydrogen) atoms. The normalized spacial score (nSPS) is 15.6.